The summed E-state index contributed by atoms with van der Waals surface area (Å²) >= 11 is 0. The molecule has 0 radical (unpaired) electrons. The molecule has 1 aliphatic rings. The van der Waals surface area contributed by atoms with Crippen molar-refractivity contribution in [2.45, 2.75) is 31.7 Å². The lowest BCUT2D eigenvalue weighted by atomic mass is 10.2. The molecule has 6 nitrogen and oxygen atoms in total. The number of hydrogen-bond donors (Lipinski definition) is 2. The van der Waals surface area contributed by atoms with Gasteiger partial charge in [0.1, 0.15) is 6.04 Å². The quantitative estimate of drug-likeness (QED) is 0.684. The first-order chi connectivity index (χ1) is 7.56. The number of amides is 2. The van der Waals surface area contributed by atoms with Gasteiger partial charge in [-0.25, -0.2) is 0 Å². The van der Waals surface area contributed by atoms with E-state index < -0.39 is 12.0 Å². The Morgan fingerprint density at radius 3 is 2.62 bits per heavy atom. The normalized spacial score (nSPS) is 19.6. The number of carboxylic acids is 1. The lowest BCUT2D eigenvalue weighted by Crippen LogP contribution is -2.44. The van der Waals surface area contributed by atoms with E-state index in [-0.39, 0.29) is 24.7 Å². The number of carboxylic acid groups (broad SMARTS) is 1. The highest BCUT2D eigenvalue weighted by atomic mass is 16.4. The first-order valence-electron chi connectivity index (χ1n) is 5.29. The van der Waals surface area contributed by atoms with Gasteiger partial charge in [0.05, 0.1) is 6.42 Å². The van der Waals surface area contributed by atoms with Gasteiger partial charge in [0.25, 0.3) is 0 Å². The first kappa shape index (κ1) is 12.5. The van der Waals surface area contributed by atoms with Gasteiger partial charge in [0.2, 0.25) is 11.8 Å². The number of carbonyl (C=O) groups excluding carboxylic acids is 2. The summed E-state index contributed by atoms with van der Waals surface area (Å²) in [5.41, 5.74) is 0. The number of aliphatic carboxylic acids is 1. The number of likely N-dealkylation sites (tertiary alicyclic amines) is 1. The van der Waals surface area contributed by atoms with Crippen molar-refractivity contribution in [1.29, 1.82) is 0 Å². The number of likely N-dealkylation sites (N-methyl/N-ethyl adjacent to an activating group) is 1. The largest absolute Gasteiger partial charge is 0.481 e. The highest BCUT2D eigenvalue weighted by Crippen LogP contribution is 2.18. The van der Waals surface area contributed by atoms with Crippen LogP contribution in [-0.2, 0) is 14.4 Å². The number of nitrogens with zero attached hydrogens (tertiary/aromatic N) is 1. The van der Waals surface area contributed by atoms with E-state index >= 15 is 0 Å². The second-order valence-electron chi connectivity index (χ2n) is 3.75. The second kappa shape index (κ2) is 5.48. The van der Waals surface area contributed by atoms with E-state index in [4.69, 9.17) is 5.11 Å². The maximum absolute atomic E-state index is 11.7. The molecule has 16 heavy (non-hydrogen) atoms. The zero-order chi connectivity index (χ0) is 12.1. The molecule has 2 N–H and O–H groups in total. The molecule has 1 atom stereocenters. The fourth-order valence-electron chi connectivity index (χ4n) is 1.86. The third kappa shape index (κ3) is 2.95. The van der Waals surface area contributed by atoms with Crippen LogP contribution in [0.15, 0.2) is 0 Å². The molecule has 1 aliphatic heterocycles. The standard InChI is InChI=1S/C10H16N2O4/c1-11-10(16)7-3-2-6-12(7)8(13)4-5-9(14)15/h7H,2-6H2,1H3,(H,11,16)(H,14,15). The molecule has 1 fully saturated rings. The minimum Gasteiger partial charge on any atom is -0.481 e. The van der Waals surface area contributed by atoms with E-state index in [9.17, 15) is 14.4 Å². The molecule has 0 aliphatic carbocycles. The molecule has 1 saturated heterocycles. The van der Waals surface area contributed by atoms with Crippen LogP contribution in [0.4, 0.5) is 0 Å². The average Bonchev–Trinajstić information content (AvgIpc) is 2.73. The smallest absolute Gasteiger partial charge is 0.303 e. The zero-order valence-corrected chi connectivity index (χ0v) is 9.23. The van der Waals surface area contributed by atoms with Gasteiger partial charge in [-0.3, -0.25) is 14.4 Å². The van der Waals surface area contributed by atoms with Gasteiger partial charge < -0.3 is 15.3 Å². The topological polar surface area (TPSA) is 86.7 Å². The van der Waals surface area contributed by atoms with Crippen molar-refractivity contribution in [1.82, 2.24) is 10.2 Å². The molecule has 0 bridgehead atoms. The number of nitrogens with one attached hydrogen (secondary N) is 1. The molecule has 90 valence electrons. The third-order valence-corrected chi connectivity index (χ3v) is 2.67. The van der Waals surface area contributed by atoms with Gasteiger partial charge >= 0.3 is 5.97 Å². The Morgan fingerprint density at radius 2 is 2.06 bits per heavy atom. The lowest BCUT2D eigenvalue weighted by molar-refractivity contribution is -0.142. The molecule has 0 aromatic carbocycles. The predicted molar refractivity (Wildman–Crippen MR) is 55.7 cm³/mol. The molecular weight excluding hydrogens is 212 g/mol. The summed E-state index contributed by atoms with van der Waals surface area (Å²) in [5, 5.41) is 11.0. The van der Waals surface area contributed by atoms with Crippen molar-refractivity contribution >= 4 is 17.8 Å². The molecule has 6 heteroatoms. The fourth-order valence-corrected chi connectivity index (χ4v) is 1.86. The highest BCUT2D eigenvalue weighted by molar-refractivity contribution is 5.89. The summed E-state index contributed by atoms with van der Waals surface area (Å²) in [6.07, 6.45) is 1.22. The molecule has 0 saturated carbocycles. The minimum absolute atomic E-state index is 0.0389. The van der Waals surface area contributed by atoms with Crippen LogP contribution in [0.2, 0.25) is 0 Å². The third-order valence-electron chi connectivity index (χ3n) is 2.67. The first-order valence-corrected chi connectivity index (χ1v) is 5.29. The monoisotopic (exact) mass is 228 g/mol. The Bertz CT molecular complexity index is 303. The summed E-state index contributed by atoms with van der Waals surface area (Å²) in [4.78, 5) is 34.9. The summed E-state index contributed by atoms with van der Waals surface area (Å²) in [7, 11) is 1.53. The van der Waals surface area contributed by atoms with E-state index in [0.29, 0.717) is 13.0 Å². The summed E-state index contributed by atoms with van der Waals surface area (Å²) in [6.45, 7) is 0.538. The maximum Gasteiger partial charge on any atom is 0.303 e. The molecule has 1 rings (SSSR count). The fraction of sp³-hybridized carbons (Fsp3) is 0.700. The summed E-state index contributed by atoms with van der Waals surface area (Å²) < 4.78 is 0. The molecule has 0 aromatic heterocycles. The van der Waals surface area contributed by atoms with Crippen LogP contribution in [-0.4, -0.2) is 47.4 Å². The van der Waals surface area contributed by atoms with Crippen molar-refractivity contribution in [2.24, 2.45) is 0 Å². The zero-order valence-electron chi connectivity index (χ0n) is 9.23. The van der Waals surface area contributed by atoms with Crippen LogP contribution in [0, 0.1) is 0 Å². The van der Waals surface area contributed by atoms with Crippen LogP contribution in [0.3, 0.4) is 0 Å². The van der Waals surface area contributed by atoms with E-state index in [0.717, 1.165) is 6.42 Å². The molecule has 1 unspecified atom stereocenters. The van der Waals surface area contributed by atoms with Crippen molar-refractivity contribution in [2.75, 3.05) is 13.6 Å². The minimum atomic E-state index is -0.996. The number of carbonyl (C=O) groups is 3. The van der Waals surface area contributed by atoms with E-state index in [1.807, 2.05) is 0 Å². The van der Waals surface area contributed by atoms with Crippen LogP contribution >= 0.6 is 0 Å². The Kier molecular flexibility index (Phi) is 4.28. The number of hydrogen-bond acceptors (Lipinski definition) is 3. The maximum atomic E-state index is 11.7. The van der Waals surface area contributed by atoms with E-state index in [1.54, 1.807) is 0 Å². The van der Waals surface area contributed by atoms with Crippen molar-refractivity contribution in [3.8, 4) is 0 Å². The average molecular weight is 228 g/mol. The van der Waals surface area contributed by atoms with Gasteiger partial charge in [-0.2, -0.15) is 0 Å². The molecular formula is C10H16N2O4. The molecule has 2 amide bonds. The predicted octanol–water partition coefficient (Wildman–Crippen LogP) is -0.412. The Morgan fingerprint density at radius 1 is 1.38 bits per heavy atom. The number of rotatable bonds is 4. The lowest BCUT2D eigenvalue weighted by Gasteiger charge is -2.23. The van der Waals surface area contributed by atoms with Gasteiger partial charge in [0.15, 0.2) is 0 Å². The Labute approximate surface area is 93.6 Å². The van der Waals surface area contributed by atoms with Crippen molar-refractivity contribution in [3.63, 3.8) is 0 Å². The van der Waals surface area contributed by atoms with Crippen LogP contribution < -0.4 is 5.32 Å². The molecule has 0 spiro atoms. The van der Waals surface area contributed by atoms with Crippen LogP contribution in [0.1, 0.15) is 25.7 Å². The molecule has 0 aromatic rings. The van der Waals surface area contributed by atoms with Gasteiger partial charge in [-0.1, -0.05) is 0 Å². The second-order valence-corrected chi connectivity index (χ2v) is 3.75. The Hall–Kier alpha value is -1.59. The van der Waals surface area contributed by atoms with E-state index in [1.165, 1.54) is 11.9 Å². The molecule has 1 heterocycles. The van der Waals surface area contributed by atoms with Crippen LogP contribution in [0.5, 0.6) is 0 Å². The summed E-state index contributed by atoms with van der Waals surface area (Å²) in [6, 6.07) is -0.425. The van der Waals surface area contributed by atoms with Crippen molar-refractivity contribution < 1.29 is 19.5 Å². The van der Waals surface area contributed by atoms with Gasteiger partial charge in [-0.15, -0.1) is 0 Å². The Balaban J connectivity index is 2.54. The van der Waals surface area contributed by atoms with Gasteiger partial charge in [0, 0.05) is 20.0 Å². The highest BCUT2D eigenvalue weighted by Gasteiger charge is 2.33. The van der Waals surface area contributed by atoms with Gasteiger partial charge in [-0.05, 0) is 12.8 Å². The van der Waals surface area contributed by atoms with Crippen molar-refractivity contribution in [3.05, 3.63) is 0 Å². The van der Waals surface area contributed by atoms with E-state index in [2.05, 4.69) is 5.32 Å². The van der Waals surface area contributed by atoms with Crippen LogP contribution in [0.25, 0.3) is 0 Å². The SMILES string of the molecule is CNC(=O)C1CCCN1C(=O)CCC(=O)O. The summed E-state index contributed by atoms with van der Waals surface area (Å²) in [5.74, 6) is -1.43.